The van der Waals surface area contributed by atoms with E-state index in [0.717, 1.165) is 16.9 Å². The van der Waals surface area contributed by atoms with Crippen molar-refractivity contribution >= 4 is 23.1 Å². The molecule has 0 bridgehead atoms. The summed E-state index contributed by atoms with van der Waals surface area (Å²) in [5.41, 5.74) is 2.50. The van der Waals surface area contributed by atoms with Crippen LogP contribution in [0.1, 0.15) is 42.4 Å². The van der Waals surface area contributed by atoms with Crippen LogP contribution in [0.4, 0.5) is 11.5 Å². The van der Waals surface area contributed by atoms with Crippen molar-refractivity contribution in [3.05, 3.63) is 53.3 Å². The van der Waals surface area contributed by atoms with Crippen molar-refractivity contribution in [2.24, 2.45) is 10.2 Å². The number of imidazole rings is 1. The minimum absolute atomic E-state index is 0.216. The van der Waals surface area contributed by atoms with E-state index in [2.05, 4.69) is 15.2 Å². The number of hydrogen-bond acceptors (Lipinski definition) is 5. The number of fused-ring (bicyclic) bond motifs is 1. The van der Waals surface area contributed by atoms with Crippen LogP contribution in [0.3, 0.4) is 0 Å². The van der Waals surface area contributed by atoms with E-state index < -0.39 is 5.97 Å². The molecule has 0 aliphatic rings. The van der Waals surface area contributed by atoms with Crippen molar-refractivity contribution in [1.29, 1.82) is 0 Å². The van der Waals surface area contributed by atoms with Crippen molar-refractivity contribution in [2.45, 2.75) is 33.1 Å². The highest BCUT2D eigenvalue weighted by Crippen LogP contribution is 2.33. The number of carbonyl (C=O) groups is 1. The first-order chi connectivity index (χ1) is 12.2. The van der Waals surface area contributed by atoms with Gasteiger partial charge in [0.1, 0.15) is 17.0 Å². The smallest absolute Gasteiger partial charge is 0.339 e. The van der Waals surface area contributed by atoms with E-state index >= 15 is 0 Å². The number of azo groups is 1. The van der Waals surface area contributed by atoms with Crippen LogP contribution >= 0.6 is 0 Å². The second-order valence-electron chi connectivity index (χ2n) is 7.18. The van der Waals surface area contributed by atoms with Gasteiger partial charge in [0.05, 0.1) is 11.4 Å². The summed E-state index contributed by atoms with van der Waals surface area (Å²) in [6, 6.07) is 7.99. The first-order valence-corrected chi connectivity index (χ1v) is 8.14. The Balaban J connectivity index is 2.13. The molecular formula is C19H20N4O3. The summed E-state index contributed by atoms with van der Waals surface area (Å²) >= 11 is 0. The van der Waals surface area contributed by atoms with Gasteiger partial charge in [0.25, 0.3) is 0 Å². The van der Waals surface area contributed by atoms with Gasteiger partial charge in [-0.25, -0.2) is 9.78 Å². The Morgan fingerprint density at radius 1 is 1.15 bits per heavy atom. The van der Waals surface area contributed by atoms with E-state index in [9.17, 15) is 9.90 Å². The van der Waals surface area contributed by atoms with Crippen LogP contribution in [0.2, 0.25) is 0 Å². The molecule has 0 atom stereocenters. The fourth-order valence-electron chi connectivity index (χ4n) is 2.60. The first kappa shape index (κ1) is 17.6. The number of nitrogens with zero attached hydrogens (tertiary/aromatic N) is 4. The average Bonchev–Trinajstić information content (AvgIpc) is 2.92. The fraction of sp³-hybridized carbons (Fsp3) is 0.263. The number of aromatic carboxylic acids is 1. The molecular weight excluding hydrogens is 332 g/mol. The number of aromatic nitrogens is 2. The molecule has 0 spiro atoms. The average molecular weight is 352 g/mol. The lowest BCUT2D eigenvalue weighted by Gasteiger charge is -2.15. The molecule has 134 valence electrons. The molecule has 0 radical (unpaired) electrons. The van der Waals surface area contributed by atoms with Crippen molar-refractivity contribution in [1.82, 2.24) is 9.38 Å². The molecule has 2 heterocycles. The third kappa shape index (κ3) is 3.28. The summed E-state index contributed by atoms with van der Waals surface area (Å²) in [6.07, 6.45) is 1.94. The molecule has 3 aromatic rings. The lowest BCUT2D eigenvalue weighted by molar-refractivity contribution is 0.0694. The number of carboxylic acids is 1. The minimum atomic E-state index is -1.22. The lowest BCUT2D eigenvalue weighted by Crippen LogP contribution is -2.11. The summed E-state index contributed by atoms with van der Waals surface area (Å²) in [5.74, 6) is -0.932. The summed E-state index contributed by atoms with van der Waals surface area (Å²) in [6.45, 7) is 8.12. The quantitative estimate of drug-likeness (QED) is 0.664. The fourth-order valence-corrected chi connectivity index (χ4v) is 2.60. The highest BCUT2D eigenvalue weighted by atomic mass is 16.4. The van der Waals surface area contributed by atoms with Gasteiger partial charge in [0, 0.05) is 11.6 Å². The Labute approximate surface area is 150 Å². The Hall–Kier alpha value is -3.22. The highest BCUT2D eigenvalue weighted by Gasteiger charge is 2.24. The standard InChI is InChI=1S/C19H20N4O3/c1-11-5-8-15-20-16(19(2,3)4)17(23(15)10-11)22-21-12-6-7-14(24)13(9-12)18(25)26/h5-10,24H,1-4H3,(H,25,26). The topological polar surface area (TPSA) is 99.5 Å². The van der Waals surface area contributed by atoms with E-state index in [1.54, 1.807) is 0 Å². The maximum absolute atomic E-state index is 11.2. The Morgan fingerprint density at radius 3 is 2.54 bits per heavy atom. The van der Waals surface area contributed by atoms with Crippen LogP contribution in [0.5, 0.6) is 5.75 Å². The maximum Gasteiger partial charge on any atom is 0.339 e. The normalized spacial score (nSPS) is 12.2. The zero-order valence-electron chi connectivity index (χ0n) is 15.1. The maximum atomic E-state index is 11.2. The van der Waals surface area contributed by atoms with Crippen molar-refractivity contribution in [3.63, 3.8) is 0 Å². The Kier molecular flexibility index (Phi) is 4.23. The molecule has 7 nitrogen and oxygen atoms in total. The monoisotopic (exact) mass is 352 g/mol. The Morgan fingerprint density at radius 2 is 1.88 bits per heavy atom. The van der Waals surface area contributed by atoms with Gasteiger partial charge in [0.15, 0.2) is 5.82 Å². The summed E-state index contributed by atoms with van der Waals surface area (Å²) in [5, 5.41) is 27.3. The molecule has 1 aromatic carbocycles. The molecule has 0 saturated carbocycles. The van der Waals surface area contributed by atoms with Crippen LogP contribution < -0.4 is 0 Å². The van der Waals surface area contributed by atoms with Gasteiger partial charge in [0.2, 0.25) is 0 Å². The number of phenols is 1. The largest absolute Gasteiger partial charge is 0.507 e. The van der Waals surface area contributed by atoms with Crippen LogP contribution in [0.25, 0.3) is 5.65 Å². The van der Waals surface area contributed by atoms with E-state index in [1.807, 2.05) is 50.4 Å². The number of aryl methyl sites for hydroxylation is 1. The number of hydrogen-bond donors (Lipinski definition) is 2. The predicted molar refractivity (Wildman–Crippen MR) is 97.9 cm³/mol. The molecule has 0 saturated heterocycles. The van der Waals surface area contributed by atoms with Gasteiger partial charge in [-0.15, -0.1) is 10.2 Å². The minimum Gasteiger partial charge on any atom is -0.507 e. The van der Waals surface area contributed by atoms with Crippen molar-refractivity contribution in [2.75, 3.05) is 0 Å². The van der Waals surface area contributed by atoms with E-state index in [-0.39, 0.29) is 16.7 Å². The predicted octanol–water partition coefficient (Wildman–Crippen LogP) is 4.76. The third-order valence-corrected chi connectivity index (χ3v) is 3.92. The van der Waals surface area contributed by atoms with Crippen LogP contribution in [0.15, 0.2) is 46.8 Å². The number of aromatic hydroxyl groups is 1. The zero-order chi connectivity index (χ0) is 19.1. The van der Waals surface area contributed by atoms with Gasteiger partial charge >= 0.3 is 5.97 Å². The molecule has 26 heavy (non-hydrogen) atoms. The van der Waals surface area contributed by atoms with Gasteiger partial charge in [-0.05, 0) is 36.8 Å². The molecule has 2 aromatic heterocycles. The highest BCUT2D eigenvalue weighted by molar-refractivity contribution is 5.91. The van der Waals surface area contributed by atoms with E-state index in [1.165, 1.54) is 18.2 Å². The van der Waals surface area contributed by atoms with Crippen molar-refractivity contribution in [3.8, 4) is 5.75 Å². The second kappa shape index (κ2) is 6.25. The number of carboxylic acid groups (broad SMARTS) is 1. The van der Waals surface area contributed by atoms with Crippen molar-refractivity contribution < 1.29 is 15.0 Å². The molecule has 0 aliphatic carbocycles. The van der Waals surface area contributed by atoms with Gasteiger partial charge < -0.3 is 10.2 Å². The molecule has 7 heteroatoms. The molecule has 2 N–H and O–H groups in total. The van der Waals surface area contributed by atoms with Crippen LogP contribution in [-0.2, 0) is 5.41 Å². The first-order valence-electron chi connectivity index (χ1n) is 8.14. The number of pyridine rings is 1. The number of benzene rings is 1. The molecule has 0 amide bonds. The second-order valence-corrected chi connectivity index (χ2v) is 7.18. The van der Waals surface area contributed by atoms with Gasteiger partial charge in [-0.3, -0.25) is 4.40 Å². The summed E-state index contributed by atoms with van der Waals surface area (Å²) in [7, 11) is 0. The van der Waals surface area contributed by atoms with Crippen LogP contribution in [-0.4, -0.2) is 25.6 Å². The summed E-state index contributed by atoms with van der Waals surface area (Å²) < 4.78 is 1.87. The Bertz CT molecular complexity index is 1030. The van der Waals surface area contributed by atoms with Gasteiger partial charge in [-0.1, -0.05) is 26.8 Å². The van der Waals surface area contributed by atoms with E-state index in [4.69, 9.17) is 5.11 Å². The van der Waals surface area contributed by atoms with Gasteiger partial charge in [-0.2, -0.15) is 0 Å². The molecule has 0 aliphatic heterocycles. The SMILES string of the molecule is Cc1ccc2nc(C(C)(C)C)c(N=Nc3ccc(O)c(C(=O)O)c3)n2c1. The third-order valence-electron chi connectivity index (χ3n) is 3.92. The van der Waals surface area contributed by atoms with E-state index in [0.29, 0.717) is 11.5 Å². The summed E-state index contributed by atoms with van der Waals surface area (Å²) in [4.78, 5) is 15.8. The lowest BCUT2D eigenvalue weighted by atomic mass is 9.92. The molecule has 3 rings (SSSR count). The zero-order valence-corrected chi connectivity index (χ0v) is 15.1. The molecule has 0 unspecified atom stereocenters. The number of rotatable bonds is 3. The molecule has 0 fully saturated rings. The van der Waals surface area contributed by atoms with Crippen LogP contribution in [0, 0.1) is 6.92 Å².